The minimum absolute atomic E-state index is 0.329. The third kappa shape index (κ3) is 4.32. The number of unbranched alkanes of at least 4 members (excludes halogenated alkanes) is 1. The number of benzene rings is 2. The van der Waals surface area contributed by atoms with Crippen LogP contribution in [0.5, 0.6) is 6.01 Å². The van der Waals surface area contributed by atoms with E-state index in [9.17, 15) is 4.79 Å². The molecule has 0 aliphatic carbocycles. The van der Waals surface area contributed by atoms with Crippen molar-refractivity contribution < 1.29 is 14.3 Å². The van der Waals surface area contributed by atoms with Crippen LogP contribution in [-0.4, -0.2) is 39.7 Å². The number of imidazole rings is 1. The van der Waals surface area contributed by atoms with Crippen molar-refractivity contribution >= 4 is 17.1 Å². The SMILES string of the molecule is CCCCc1nc2cnc(OC)nc2n1Cc1ccc(-c2ccccc2C(=O)OC)cc1. The summed E-state index contributed by atoms with van der Waals surface area (Å²) in [5, 5.41) is 0. The predicted octanol–water partition coefficient (Wildman–Crippen LogP) is 4.68. The number of carbonyl (C=O) groups is 1. The number of esters is 1. The van der Waals surface area contributed by atoms with Gasteiger partial charge in [-0.1, -0.05) is 55.8 Å². The normalized spacial score (nSPS) is 11.0. The number of fused-ring (bicyclic) bond motifs is 1. The summed E-state index contributed by atoms with van der Waals surface area (Å²) in [5.74, 6) is 0.647. The van der Waals surface area contributed by atoms with Crippen molar-refractivity contribution in [1.82, 2.24) is 19.5 Å². The number of ether oxygens (including phenoxy) is 2. The Hall–Kier alpha value is -3.74. The Morgan fingerprint density at radius 2 is 1.81 bits per heavy atom. The zero-order chi connectivity index (χ0) is 22.5. The fourth-order valence-electron chi connectivity index (χ4n) is 3.74. The number of nitrogens with zero attached hydrogens (tertiary/aromatic N) is 4. The first kappa shape index (κ1) is 21.5. The Bertz CT molecular complexity index is 1230. The van der Waals surface area contributed by atoms with E-state index in [4.69, 9.17) is 14.5 Å². The Balaban J connectivity index is 1.67. The second-order valence-corrected chi connectivity index (χ2v) is 7.52. The molecule has 7 heteroatoms. The largest absolute Gasteiger partial charge is 0.467 e. The van der Waals surface area contributed by atoms with Gasteiger partial charge in [-0.2, -0.15) is 4.98 Å². The molecular formula is C25H26N4O3. The Morgan fingerprint density at radius 3 is 2.53 bits per heavy atom. The number of carbonyl (C=O) groups excluding carboxylic acids is 1. The minimum Gasteiger partial charge on any atom is -0.467 e. The second kappa shape index (κ2) is 9.60. The molecule has 0 unspecified atom stereocenters. The van der Waals surface area contributed by atoms with Gasteiger partial charge in [-0.25, -0.2) is 14.8 Å². The van der Waals surface area contributed by atoms with Gasteiger partial charge < -0.3 is 14.0 Å². The lowest BCUT2D eigenvalue weighted by molar-refractivity contribution is 0.0601. The molecule has 2 aromatic heterocycles. The van der Waals surface area contributed by atoms with Gasteiger partial charge in [0.1, 0.15) is 11.3 Å². The summed E-state index contributed by atoms with van der Waals surface area (Å²) in [6.07, 6.45) is 4.73. The third-order valence-corrected chi connectivity index (χ3v) is 5.42. The van der Waals surface area contributed by atoms with Crippen LogP contribution < -0.4 is 4.74 Å². The Kier molecular flexibility index (Phi) is 6.44. The monoisotopic (exact) mass is 430 g/mol. The Morgan fingerprint density at radius 1 is 1.03 bits per heavy atom. The molecule has 0 atom stereocenters. The summed E-state index contributed by atoms with van der Waals surface area (Å²) < 4.78 is 12.3. The molecule has 0 aliphatic rings. The summed E-state index contributed by atoms with van der Waals surface area (Å²) in [7, 11) is 2.96. The number of aryl methyl sites for hydroxylation is 1. The summed E-state index contributed by atoms with van der Waals surface area (Å²) in [6, 6.07) is 16.0. The van der Waals surface area contributed by atoms with Crippen molar-refractivity contribution in [2.24, 2.45) is 0 Å². The van der Waals surface area contributed by atoms with Crippen LogP contribution in [0.1, 0.15) is 41.5 Å². The zero-order valence-electron chi connectivity index (χ0n) is 18.5. The van der Waals surface area contributed by atoms with Gasteiger partial charge in [0, 0.05) is 6.42 Å². The van der Waals surface area contributed by atoms with Crippen LogP contribution in [0.25, 0.3) is 22.3 Å². The van der Waals surface area contributed by atoms with E-state index in [-0.39, 0.29) is 5.97 Å². The van der Waals surface area contributed by atoms with Crippen LogP contribution in [0, 0.1) is 0 Å². The highest BCUT2D eigenvalue weighted by Gasteiger charge is 2.15. The first-order chi connectivity index (χ1) is 15.6. The number of aromatic nitrogens is 4. The molecule has 164 valence electrons. The molecule has 0 spiro atoms. The van der Waals surface area contributed by atoms with Crippen molar-refractivity contribution in [3.63, 3.8) is 0 Å². The van der Waals surface area contributed by atoms with Gasteiger partial charge >= 0.3 is 12.0 Å². The van der Waals surface area contributed by atoms with Gasteiger partial charge in [-0.3, -0.25) is 0 Å². The maximum atomic E-state index is 12.1. The highest BCUT2D eigenvalue weighted by molar-refractivity contribution is 5.97. The van der Waals surface area contributed by atoms with E-state index in [1.165, 1.54) is 7.11 Å². The quantitative estimate of drug-likeness (QED) is 0.378. The highest BCUT2D eigenvalue weighted by atomic mass is 16.5. The van der Waals surface area contributed by atoms with Crippen LogP contribution in [0.3, 0.4) is 0 Å². The van der Waals surface area contributed by atoms with Gasteiger partial charge in [0.05, 0.1) is 32.5 Å². The summed E-state index contributed by atoms with van der Waals surface area (Å²) in [4.78, 5) is 25.6. The molecular weight excluding hydrogens is 404 g/mol. The van der Waals surface area contributed by atoms with E-state index in [1.807, 2.05) is 30.3 Å². The number of rotatable bonds is 8. The van der Waals surface area contributed by atoms with Gasteiger partial charge in [0.25, 0.3) is 0 Å². The smallest absolute Gasteiger partial charge is 0.338 e. The van der Waals surface area contributed by atoms with Gasteiger partial charge in [-0.15, -0.1) is 0 Å². The lowest BCUT2D eigenvalue weighted by atomic mass is 9.98. The number of hydrogen-bond acceptors (Lipinski definition) is 6. The molecule has 4 aromatic rings. The maximum absolute atomic E-state index is 12.1. The van der Waals surface area contributed by atoms with E-state index in [0.29, 0.717) is 18.1 Å². The fraction of sp³-hybridized carbons (Fsp3) is 0.280. The first-order valence-electron chi connectivity index (χ1n) is 10.7. The summed E-state index contributed by atoms with van der Waals surface area (Å²) in [6.45, 7) is 2.80. The molecule has 0 saturated carbocycles. The highest BCUT2D eigenvalue weighted by Crippen LogP contribution is 2.26. The average Bonchev–Trinajstić information content (AvgIpc) is 3.18. The summed E-state index contributed by atoms with van der Waals surface area (Å²) in [5.41, 5.74) is 5.00. The van der Waals surface area contributed by atoms with Crippen molar-refractivity contribution in [2.75, 3.05) is 14.2 Å². The van der Waals surface area contributed by atoms with Crippen LogP contribution >= 0.6 is 0 Å². The van der Waals surface area contributed by atoms with E-state index >= 15 is 0 Å². The van der Waals surface area contributed by atoms with Crippen LogP contribution in [0.15, 0.2) is 54.7 Å². The molecule has 32 heavy (non-hydrogen) atoms. The summed E-state index contributed by atoms with van der Waals surface area (Å²) >= 11 is 0. The van der Waals surface area contributed by atoms with Gasteiger partial charge in [0.2, 0.25) is 0 Å². The van der Waals surface area contributed by atoms with E-state index < -0.39 is 0 Å². The molecule has 2 aromatic carbocycles. The standard InChI is InChI=1S/C25H26N4O3/c1-4-5-10-22-27-21-15-26-25(32-3)28-23(21)29(22)16-17-11-13-18(14-12-17)19-8-6-7-9-20(19)24(30)31-2/h6-9,11-15H,4-5,10,16H2,1-3H3. The van der Waals surface area contributed by atoms with Gasteiger partial charge in [0.15, 0.2) is 5.65 Å². The second-order valence-electron chi connectivity index (χ2n) is 7.52. The van der Waals surface area contributed by atoms with Crippen LogP contribution in [0.4, 0.5) is 0 Å². The number of hydrogen-bond donors (Lipinski definition) is 0. The lowest BCUT2D eigenvalue weighted by Gasteiger charge is -2.11. The number of methoxy groups -OCH3 is 2. The third-order valence-electron chi connectivity index (χ3n) is 5.42. The van der Waals surface area contributed by atoms with E-state index in [1.54, 1.807) is 19.4 Å². The Labute approximate surface area is 187 Å². The predicted molar refractivity (Wildman–Crippen MR) is 123 cm³/mol. The van der Waals surface area contributed by atoms with E-state index in [2.05, 4.69) is 33.6 Å². The van der Waals surface area contributed by atoms with Crippen molar-refractivity contribution in [1.29, 1.82) is 0 Å². The van der Waals surface area contributed by atoms with Crippen molar-refractivity contribution in [3.05, 3.63) is 71.7 Å². The van der Waals surface area contributed by atoms with E-state index in [0.717, 1.165) is 52.9 Å². The molecule has 0 radical (unpaired) electrons. The minimum atomic E-state index is -0.344. The molecule has 0 fully saturated rings. The zero-order valence-corrected chi connectivity index (χ0v) is 18.5. The molecule has 7 nitrogen and oxygen atoms in total. The first-order valence-corrected chi connectivity index (χ1v) is 10.7. The van der Waals surface area contributed by atoms with Crippen LogP contribution in [-0.2, 0) is 17.7 Å². The van der Waals surface area contributed by atoms with Gasteiger partial charge in [-0.05, 0) is 29.2 Å². The average molecular weight is 431 g/mol. The molecule has 0 amide bonds. The molecule has 2 heterocycles. The topological polar surface area (TPSA) is 79.1 Å². The molecule has 4 rings (SSSR count). The molecule has 0 bridgehead atoms. The van der Waals surface area contributed by atoms with Crippen LogP contribution in [0.2, 0.25) is 0 Å². The van der Waals surface area contributed by atoms with Crippen molar-refractivity contribution in [3.8, 4) is 17.1 Å². The fourth-order valence-corrected chi connectivity index (χ4v) is 3.74. The molecule has 0 N–H and O–H groups in total. The lowest BCUT2D eigenvalue weighted by Crippen LogP contribution is -2.07. The maximum Gasteiger partial charge on any atom is 0.338 e. The van der Waals surface area contributed by atoms with Crippen molar-refractivity contribution in [2.45, 2.75) is 32.7 Å². The molecule has 0 saturated heterocycles. The molecule has 0 aliphatic heterocycles.